The lowest BCUT2D eigenvalue weighted by atomic mass is 10.2. The number of rotatable bonds is 9. The van der Waals surface area contributed by atoms with E-state index in [1.807, 2.05) is 0 Å². The monoisotopic (exact) mass is 396 g/mol. The number of hydrogen-bond donors (Lipinski definition) is 1. The number of benzene rings is 1. The fraction of sp³-hybridized carbons (Fsp3) is 0.353. The van der Waals surface area contributed by atoms with E-state index in [0.717, 1.165) is 4.34 Å². The van der Waals surface area contributed by atoms with Gasteiger partial charge in [0.1, 0.15) is 0 Å². The van der Waals surface area contributed by atoms with Gasteiger partial charge < -0.3 is 19.5 Å². The Morgan fingerprint density at radius 3 is 2.69 bits per heavy atom. The molecule has 140 valence electrons. The molecule has 1 N–H and O–H groups in total. The molecule has 0 saturated heterocycles. The predicted molar refractivity (Wildman–Crippen MR) is 101 cm³/mol. The van der Waals surface area contributed by atoms with Gasteiger partial charge in [-0.15, -0.1) is 11.3 Å². The van der Waals surface area contributed by atoms with Crippen molar-refractivity contribution in [2.45, 2.75) is 17.7 Å². The molecule has 9 heteroatoms. The highest BCUT2D eigenvalue weighted by molar-refractivity contribution is 8.01. The molecule has 1 aromatic carbocycles. The van der Waals surface area contributed by atoms with Crippen molar-refractivity contribution in [2.75, 3.05) is 31.9 Å². The van der Waals surface area contributed by atoms with Gasteiger partial charge in [-0.25, -0.2) is 4.98 Å². The van der Waals surface area contributed by atoms with Gasteiger partial charge in [0, 0.05) is 17.1 Å². The minimum atomic E-state index is -0.305. The Kier molecular flexibility index (Phi) is 7.73. The molecule has 1 aromatic heterocycles. The topological polar surface area (TPSA) is 86.8 Å². The number of hydrogen-bond acceptors (Lipinski definition) is 8. The summed E-state index contributed by atoms with van der Waals surface area (Å²) in [5.74, 6) is 0.879. The second-order valence-electron chi connectivity index (χ2n) is 4.99. The van der Waals surface area contributed by atoms with E-state index in [4.69, 9.17) is 14.2 Å². The van der Waals surface area contributed by atoms with Crippen molar-refractivity contribution >= 4 is 40.7 Å². The molecule has 0 spiro atoms. The fourth-order valence-corrected chi connectivity index (χ4v) is 3.68. The Bertz CT molecular complexity index is 763. The average Bonchev–Trinajstić information content (AvgIpc) is 3.07. The summed E-state index contributed by atoms with van der Waals surface area (Å²) in [6, 6.07) is 5.16. The van der Waals surface area contributed by atoms with Crippen LogP contribution in [0.2, 0.25) is 0 Å². The molecular weight excluding hydrogens is 376 g/mol. The Balaban J connectivity index is 1.85. The maximum Gasteiger partial charge on any atom is 0.311 e. The van der Waals surface area contributed by atoms with Crippen LogP contribution < -0.4 is 14.8 Å². The molecule has 7 nitrogen and oxygen atoms in total. The maximum atomic E-state index is 12.1. The highest BCUT2D eigenvalue weighted by atomic mass is 32.2. The molecule has 0 fully saturated rings. The van der Waals surface area contributed by atoms with Gasteiger partial charge in [-0.05, 0) is 19.1 Å². The first-order valence-electron chi connectivity index (χ1n) is 7.80. The molecule has 0 aliphatic rings. The van der Waals surface area contributed by atoms with Crippen LogP contribution in [0.4, 0.5) is 5.69 Å². The maximum absolute atomic E-state index is 12.1. The third kappa shape index (κ3) is 5.92. The van der Waals surface area contributed by atoms with Crippen molar-refractivity contribution in [2.24, 2.45) is 0 Å². The van der Waals surface area contributed by atoms with E-state index >= 15 is 0 Å². The lowest BCUT2D eigenvalue weighted by Crippen LogP contribution is -2.14. The number of anilines is 1. The minimum absolute atomic E-state index is 0.142. The van der Waals surface area contributed by atoms with Gasteiger partial charge >= 0.3 is 5.97 Å². The number of aromatic nitrogens is 1. The lowest BCUT2D eigenvalue weighted by molar-refractivity contribution is -0.142. The van der Waals surface area contributed by atoms with E-state index in [1.54, 1.807) is 37.6 Å². The van der Waals surface area contributed by atoms with Gasteiger partial charge in [-0.1, -0.05) is 11.8 Å². The lowest BCUT2D eigenvalue weighted by Gasteiger charge is -2.10. The number of nitrogens with zero attached hydrogens (tertiary/aromatic N) is 1. The summed E-state index contributed by atoms with van der Waals surface area (Å²) in [6.45, 7) is 2.11. The van der Waals surface area contributed by atoms with E-state index in [1.165, 1.54) is 30.2 Å². The van der Waals surface area contributed by atoms with Gasteiger partial charge in [0.25, 0.3) is 0 Å². The first kappa shape index (κ1) is 20.1. The van der Waals surface area contributed by atoms with E-state index in [2.05, 4.69) is 10.3 Å². The Labute approximate surface area is 160 Å². The summed E-state index contributed by atoms with van der Waals surface area (Å²) in [5, 5.41) is 4.60. The molecule has 1 heterocycles. The third-order valence-electron chi connectivity index (χ3n) is 3.16. The van der Waals surface area contributed by atoms with E-state index in [9.17, 15) is 9.59 Å². The molecule has 26 heavy (non-hydrogen) atoms. The molecule has 2 rings (SSSR count). The largest absolute Gasteiger partial charge is 0.493 e. The number of methoxy groups -OCH3 is 2. The zero-order valence-electron chi connectivity index (χ0n) is 14.7. The van der Waals surface area contributed by atoms with Crippen LogP contribution in [0.15, 0.2) is 27.9 Å². The van der Waals surface area contributed by atoms with Crippen LogP contribution in [0.25, 0.3) is 0 Å². The van der Waals surface area contributed by atoms with Gasteiger partial charge in [0.2, 0.25) is 5.91 Å². The van der Waals surface area contributed by atoms with E-state index < -0.39 is 0 Å². The van der Waals surface area contributed by atoms with Crippen molar-refractivity contribution in [3.63, 3.8) is 0 Å². The Morgan fingerprint density at radius 1 is 1.23 bits per heavy atom. The number of thioether (sulfide) groups is 1. The normalized spacial score (nSPS) is 10.3. The van der Waals surface area contributed by atoms with Crippen molar-refractivity contribution in [1.29, 1.82) is 0 Å². The predicted octanol–water partition coefficient (Wildman–Crippen LogP) is 3.00. The minimum Gasteiger partial charge on any atom is -0.493 e. The highest BCUT2D eigenvalue weighted by Gasteiger charge is 2.11. The Hall–Kier alpha value is -2.26. The zero-order chi connectivity index (χ0) is 18.9. The molecule has 0 unspecified atom stereocenters. The van der Waals surface area contributed by atoms with Crippen LogP contribution >= 0.6 is 23.1 Å². The van der Waals surface area contributed by atoms with Crippen molar-refractivity contribution in [1.82, 2.24) is 4.98 Å². The van der Waals surface area contributed by atoms with Crippen LogP contribution in [-0.4, -0.2) is 43.4 Å². The first-order valence-corrected chi connectivity index (χ1v) is 9.67. The highest BCUT2D eigenvalue weighted by Crippen LogP contribution is 2.30. The SMILES string of the molecule is CCOC(=O)Cc1csc(SCC(=O)Nc2ccc(OC)c(OC)c2)n1. The van der Waals surface area contributed by atoms with Crippen molar-refractivity contribution in [3.05, 3.63) is 29.3 Å². The number of esters is 1. The standard InChI is InChI=1S/C17H20N2O5S2/c1-4-24-16(21)8-12-9-25-17(19-12)26-10-15(20)18-11-5-6-13(22-2)14(7-11)23-3/h5-7,9H,4,8,10H2,1-3H3,(H,18,20). The molecule has 0 saturated carbocycles. The summed E-state index contributed by atoms with van der Waals surface area (Å²) < 4.78 is 16.0. The second kappa shape index (κ2) is 10.0. The first-order chi connectivity index (χ1) is 12.5. The summed E-state index contributed by atoms with van der Waals surface area (Å²) in [4.78, 5) is 27.9. The third-order valence-corrected chi connectivity index (χ3v) is 5.23. The number of thiazole rings is 1. The van der Waals surface area contributed by atoms with Gasteiger partial charge in [0.15, 0.2) is 15.8 Å². The fourth-order valence-electron chi connectivity index (χ4n) is 2.03. The summed E-state index contributed by atoms with van der Waals surface area (Å²) in [6.07, 6.45) is 0.142. The van der Waals surface area contributed by atoms with E-state index in [-0.39, 0.29) is 24.1 Å². The molecule has 1 amide bonds. The second-order valence-corrected chi connectivity index (χ2v) is 7.07. The molecular formula is C17H20N2O5S2. The quantitative estimate of drug-likeness (QED) is 0.515. The van der Waals surface area contributed by atoms with Crippen molar-refractivity contribution in [3.8, 4) is 11.5 Å². The number of amides is 1. The molecule has 2 aromatic rings. The number of nitrogens with one attached hydrogen (secondary N) is 1. The van der Waals surface area contributed by atoms with Crippen LogP contribution in [0.3, 0.4) is 0 Å². The Morgan fingerprint density at radius 2 is 2.00 bits per heavy atom. The molecule has 0 bridgehead atoms. The van der Waals surface area contributed by atoms with Crippen LogP contribution in [0.1, 0.15) is 12.6 Å². The van der Waals surface area contributed by atoms with Crippen LogP contribution in [0, 0.1) is 0 Å². The molecule has 0 aliphatic heterocycles. The summed E-state index contributed by atoms with van der Waals surface area (Å²) >= 11 is 2.71. The van der Waals surface area contributed by atoms with Gasteiger partial charge in [0.05, 0.1) is 38.7 Å². The average molecular weight is 396 g/mol. The molecule has 0 atom stereocenters. The van der Waals surface area contributed by atoms with Crippen LogP contribution in [0.5, 0.6) is 11.5 Å². The molecule has 0 aliphatic carbocycles. The van der Waals surface area contributed by atoms with Gasteiger partial charge in [-0.2, -0.15) is 0 Å². The van der Waals surface area contributed by atoms with Crippen molar-refractivity contribution < 1.29 is 23.8 Å². The zero-order valence-corrected chi connectivity index (χ0v) is 16.4. The smallest absolute Gasteiger partial charge is 0.311 e. The number of carbonyl (C=O) groups excluding carboxylic acids is 2. The molecule has 0 radical (unpaired) electrons. The summed E-state index contributed by atoms with van der Waals surface area (Å²) in [7, 11) is 3.09. The number of carbonyl (C=O) groups is 2. The summed E-state index contributed by atoms with van der Waals surface area (Å²) in [5.41, 5.74) is 1.27. The number of ether oxygens (including phenoxy) is 3. The van der Waals surface area contributed by atoms with Crippen LogP contribution in [-0.2, 0) is 20.7 Å². The van der Waals surface area contributed by atoms with Gasteiger partial charge in [-0.3, -0.25) is 9.59 Å². The van der Waals surface area contributed by atoms with E-state index in [0.29, 0.717) is 29.5 Å².